The number of nitrogens with zero attached hydrogens (tertiary/aromatic N) is 1. The van der Waals surface area contributed by atoms with Crippen molar-refractivity contribution >= 4 is 0 Å². The maximum Gasteiger partial charge on any atom is 0.0475 e. The second kappa shape index (κ2) is 6.91. The molecule has 1 aliphatic rings. The van der Waals surface area contributed by atoms with Gasteiger partial charge >= 0.3 is 0 Å². The van der Waals surface area contributed by atoms with Crippen LogP contribution in [0.3, 0.4) is 0 Å². The van der Waals surface area contributed by atoms with E-state index in [-0.39, 0.29) is 0 Å². The predicted octanol–water partition coefficient (Wildman–Crippen LogP) is 3.21. The van der Waals surface area contributed by atoms with Gasteiger partial charge in [-0.3, -0.25) is 4.90 Å². The van der Waals surface area contributed by atoms with E-state index in [0.29, 0.717) is 12.1 Å². The molecular formula is C16H26N2. The van der Waals surface area contributed by atoms with Crippen LogP contribution in [0.1, 0.15) is 44.7 Å². The number of likely N-dealkylation sites (tertiary alicyclic amines) is 1. The van der Waals surface area contributed by atoms with Crippen LogP contribution in [0.15, 0.2) is 30.3 Å². The van der Waals surface area contributed by atoms with Crippen LogP contribution in [-0.4, -0.2) is 30.6 Å². The van der Waals surface area contributed by atoms with E-state index in [2.05, 4.69) is 54.4 Å². The molecule has 1 heterocycles. The van der Waals surface area contributed by atoms with Gasteiger partial charge in [-0.1, -0.05) is 43.7 Å². The Kier molecular flexibility index (Phi) is 5.21. The minimum Gasteiger partial charge on any atom is -0.309 e. The highest BCUT2D eigenvalue weighted by Gasteiger charge is 2.25. The largest absolute Gasteiger partial charge is 0.309 e. The standard InChI is InChI=1S/C16H26N2/c1-3-17-16(15-10-6-4-7-11-15)14(2)18-12-8-5-9-13-18/h4,6-7,10-11,14,16-17H,3,5,8-9,12-13H2,1-2H3. The third kappa shape index (κ3) is 3.33. The molecule has 2 heteroatoms. The molecule has 100 valence electrons. The molecule has 1 aromatic carbocycles. The number of hydrogen-bond acceptors (Lipinski definition) is 2. The number of piperidine rings is 1. The second-order valence-corrected chi connectivity index (χ2v) is 5.28. The SMILES string of the molecule is CCNC(c1ccccc1)C(C)N1CCCCC1. The summed E-state index contributed by atoms with van der Waals surface area (Å²) in [6, 6.07) is 11.9. The van der Waals surface area contributed by atoms with Crippen molar-refractivity contribution in [2.45, 2.75) is 45.2 Å². The molecule has 0 radical (unpaired) electrons. The van der Waals surface area contributed by atoms with Gasteiger partial charge in [0.1, 0.15) is 0 Å². The van der Waals surface area contributed by atoms with E-state index in [1.807, 2.05) is 0 Å². The van der Waals surface area contributed by atoms with Crippen LogP contribution in [0.25, 0.3) is 0 Å². The van der Waals surface area contributed by atoms with Gasteiger partial charge in [0.05, 0.1) is 0 Å². The van der Waals surface area contributed by atoms with Crippen LogP contribution in [0.4, 0.5) is 0 Å². The number of hydrogen-bond donors (Lipinski definition) is 1. The average Bonchev–Trinajstić information content (AvgIpc) is 2.46. The minimum absolute atomic E-state index is 0.453. The fraction of sp³-hybridized carbons (Fsp3) is 0.625. The van der Waals surface area contributed by atoms with E-state index in [0.717, 1.165) is 6.54 Å². The van der Waals surface area contributed by atoms with E-state index in [4.69, 9.17) is 0 Å². The lowest BCUT2D eigenvalue weighted by atomic mass is 9.97. The molecule has 1 N–H and O–H groups in total. The Hall–Kier alpha value is -0.860. The van der Waals surface area contributed by atoms with E-state index >= 15 is 0 Å². The minimum atomic E-state index is 0.453. The summed E-state index contributed by atoms with van der Waals surface area (Å²) in [5, 5.41) is 3.65. The van der Waals surface area contributed by atoms with E-state index in [1.54, 1.807) is 0 Å². The molecule has 1 saturated heterocycles. The van der Waals surface area contributed by atoms with Crippen LogP contribution in [0.5, 0.6) is 0 Å². The second-order valence-electron chi connectivity index (χ2n) is 5.28. The van der Waals surface area contributed by atoms with Gasteiger partial charge in [0.2, 0.25) is 0 Å². The molecule has 0 aromatic heterocycles. The normalized spacial score (nSPS) is 20.6. The lowest BCUT2D eigenvalue weighted by Crippen LogP contribution is -2.45. The highest BCUT2D eigenvalue weighted by atomic mass is 15.2. The third-order valence-electron chi connectivity index (χ3n) is 4.03. The Morgan fingerprint density at radius 2 is 1.78 bits per heavy atom. The molecule has 2 atom stereocenters. The van der Waals surface area contributed by atoms with Crippen molar-refractivity contribution in [2.75, 3.05) is 19.6 Å². The molecular weight excluding hydrogens is 220 g/mol. The van der Waals surface area contributed by atoms with E-state index in [1.165, 1.54) is 37.9 Å². The molecule has 0 bridgehead atoms. The van der Waals surface area contributed by atoms with Crippen molar-refractivity contribution in [3.63, 3.8) is 0 Å². The molecule has 1 aromatic rings. The van der Waals surface area contributed by atoms with Crippen molar-refractivity contribution in [2.24, 2.45) is 0 Å². The summed E-state index contributed by atoms with van der Waals surface area (Å²) >= 11 is 0. The Morgan fingerprint density at radius 1 is 1.11 bits per heavy atom. The first kappa shape index (κ1) is 13.6. The maximum atomic E-state index is 3.65. The van der Waals surface area contributed by atoms with Crippen LogP contribution >= 0.6 is 0 Å². The molecule has 1 aliphatic heterocycles. The van der Waals surface area contributed by atoms with Crippen LogP contribution in [0, 0.1) is 0 Å². The summed E-state index contributed by atoms with van der Waals surface area (Å²) in [6.45, 7) is 8.11. The first-order valence-electron chi connectivity index (χ1n) is 7.35. The van der Waals surface area contributed by atoms with Gasteiger partial charge in [-0.05, 0) is 45.0 Å². The third-order valence-corrected chi connectivity index (χ3v) is 4.03. The van der Waals surface area contributed by atoms with Crippen LogP contribution < -0.4 is 5.32 Å². The lowest BCUT2D eigenvalue weighted by molar-refractivity contribution is 0.142. The zero-order valence-electron chi connectivity index (χ0n) is 11.7. The summed E-state index contributed by atoms with van der Waals surface area (Å²) in [7, 11) is 0. The number of rotatable bonds is 5. The fourth-order valence-corrected chi connectivity index (χ4v) is 2.98. The average molecular weight is 246 g/mol. The molecule has 18 heavy (non-hydrogen) atoms. The first-order chi connectivity index (χ1) is 8.83. The van der Waals surface area contributed by atoms with Gasteiger partial charge in [0.25, 0.3) is 0 Å². The fourth-order valence-electron chi connectivity index (χ4n) is 2.98. The molecule has 0 aliphatic carbocycles. The quantitative estimate of drug-likeness (QED) is 0.858. The van der Waals surface area contributed by atoms with Crippen molar-refractivity contribution in [3.05, 3.63) is 35.9 Å². The van der Waals surface area contributed by atoms with Crippen LogP contribution in [0.2, 0.25) is 0 Å². The highest BCUT2D eigenvalue weighted by Crippen LogP contribution is 2.23. The summed E-state index contributed by atoms with van der Waals surface area (Å²) in [4.78, 5) is 2.64. The van der Waals surface area contributed by atoms with Crippen molar-refractivity contribution < 1.29 is 0 Å². The molecule has 2 unspecified atom stereocenters. The Morgan fingerprint density at radius 3 is 2.39 bits per heavy atom. The smallest absolute Gasteiger partial charge is 0.0475 e. The Bertz CT molecular complexity index is 330. The van der Waals surface area contributed by atoms with E-state index < -0.39 is 0 Å². The van der Waals surface area contributed by atoms with Gasteiger partial charge in [-0.2, -0.15) is 0 Å². The van der Waals surface area contributed by atoms with Gasteiger partial charge < -0.3 is 5.32 Å². The summed E-state index contributed by atoms with van der Waals surface area (Å²) in [6.07, 6.45) is 4.12. The lowest BCUT2D eigenvalue weighted by Gasteiger charge is -2.37. The number of nitrogens with one attached hydrogen (secondary N) is 1. The number of benzene rings is 1. The predicted molar refractivity (Wildman–Crippen MR) is 77.7 cm³/mol. The molecule has 2 nitrogen and oxygen atoms in total. The van der Waals surface area contributed by atoms with Crippen molar-refractivity contribution in [3.8, 4) is 0 Å². The highest BCUT2D eigenvalue weighted by molar-refractivity contribution is 5.20. The first-order valence-corrected chi connectivity index (χ1v) is 7.35. The molecule has 1 fully saturated rings. The van der Waals surface area contributed by atoms with Gasteiger partial charge in [0.15, 0.2) is 0 Å². The molecule has 0 saturated carbocycles. The van der Waals surface area contributed by atoms with Crippen LogP contribution in [-0.2, 0) is 0 Å². The molecule has 0 spiro atoms. The molecule has 0 amide bonds. The zero-order valence-corrected chi connectivity index (χ0v) is 11.7. The summed E-state index contributed by atoms with van der Waals surface area (Å²) in [5.74, 6) is 0. The summed E-state index contributed by atoms with van der Waals surface area (Å²) in [5.41, 5.74) is 1.41. The zero-order chi connectivity index (χ0) is 12.8. The monoisotopic (exact) mass is 246 g/mol. The van der Waals surface area contributed by atoms with Crippen molar-refractivity contribution in [1.29, 1.82) is 0 Å². The summed E-state index contributed by atoms with van der Waals surface area (Å²) < 4.78 is 0. The van der Waals surface area contributed by atoms with Gasteiger partial charge in [-0.15, -0.1) is 0 Å². The Balaban J connectivity index is 2.08. The van der Waals surface area contributed by atoms with Gasteiger partial charge in [-0.25, -0.2) is 0 Å². The van der Waals surface area contributed by atoms with E-state index in [9.17, 15) is 0 Å². The Labute approximate surface area is 111 Å². The van der Waals surface area contributed by atoms with Crippen molar-refractivity contribution in [1.82, 2.24) is 10.2 Å². The topological polar surface area (TPSA) is 15.3 Å². The number of likely N-dealkylation sites (N-methyl/N-ethyl adjacent to an activating group) is 1. The molecule has 2 rings (SSSR count). The van der Waals surface area contributed by atoms with Gasteiger partial charge in [0, 0.05) is 12.1 Å². The maximum absolute atomic E-state index is 3.65.